The molecule has 134 valence electrons. The molecule has 2 N–H and O–H groups in total. The topological polar surface area (TPSA) is 98.9 Å². The molecule has 2 heterocycles. The molecule has 2 aliphatic heterocycles. The number of nitrogens with two attached hydrogens (primary N) is 1. The standard InChI is InChI=1S/C15H20N2O5S.ClH/c1-2-21-15(18)14-8-10-7-12(3-4-13(10)22-14)23(19,20)17-6-5-11(16)9-17;/h3-4,7,11,14H,2,5-6,8-9,16H2,1H3;1H/t11-,14?;/m1./s1. The van der Waals surface area contributed by atoms with E-state index in [0.717, 1.165) is 0 Å². The zero-order valence-electron chi connectivity index (χ0n) is 13.3. The normalized spacial score (nSPS) is 23.2. The van der Waals surface area contributed by atoms with Crippen molar-refractivity contribution in [1.29, 1.82) is 0 Å². The molecule has 24 heavy (non-hydrogen) atoms. The minimum absolute atomic E-state index is 0. The number of benzene rings is 1. The third-order valence-corrected chi connectivity index (χ3v) is 5.94. The van der Waals surface area contributed by atoms with Gasteiger partial charge in [-0.1, -0.05) is 0 Å². The van der Waals surface area contributed by atoms with Crippen molar-refractivity contribution in [2.24, 2.45) is 5.73 Å². The molecule has 0 bridgehead atoms. The first kappa shape index (κ1) is 19.0. The molecule has 0 amide bonds. The van der Waals surface area contributed by atoms with Gasteiger partial charge in [0.2, 0.25) is 10.0 Å². The van der Waals surface area contributed by atoms with Crippen molar-refractivity contribution in [2.45, 2.75) is 36.8 Å². The van der Waals surface area contributed by atoms with E-state index in [4.69, 9.17) is 15.2 Å². The predicted molar refractivity (Wildman–Crippen MR) is 89.8 cm³/mol. The smallest absolute Gasteiger partial charge is 0.347 e. The minimum Gasteiger partial charge on any atom is -0.478 e. The summed E-state index contributed by atoms with van der Waals surface area (Å²) in [6.45, 7) is 2.78. The van der Waals surface area contributed by atoms with Crippen LogP contribution in [0.3, 0.4) is 0 Å². The Kier molecular flexibility index (Phi) is 5.74. The van der Waals surface area contributed by atoms with E-state index < -0.39 is 22.1 Å². The van der Waals surface area contributed by atoms with E-state index in [1.165, 1.54) is 10.4 Å². The molecule has 0 aromatic heterocycles. The molecule has 0 aliphatic carbocycles. The van der Waals surface area contributed by atoms with Gasteiger partial charge in [0.1, 0.15) is 5.75 Å². The first-order valence-electron chi connectivity index (χ1n) is 7.63. The van der Waals surface area contributed by atoms with Crippen molar-refractivity contribution in [3.63, 3.8) is 0 Å². The summed E-state index contributed by atoms with van der Waals surface area (Å²) in [5.74, 6) is 0.0961. The van der Waals surface area contributed by atoms with Gasteiger partial charge >= 0.3 is 5.97 Å². The lowest BCUT2D eigenvalue weighted by Gasteiger charge is -2.16. The van der Waals surface area contributed by atoms with Gasteiger partial charge in [0.05, 0.1) is 11.5 Å². The van der Waals surface area contributed by atoms with Gasteiger partial charge in [-0.25, -0.2) is 13.2 Å². The minimum atomic E-state index is -3.56. The molecule has 2 atom stereocenters. The van der Waals surface area contributed by atoms with Gasteiger partial charge in [-0.3, -0.25) is 0 Å². The van der Waals surface area contributed by atoms with E-state index in [9.17, 15) is 13.2 Å². The van der Waals surface area contributed by atoms with Gasteiger partial charge in [0.25, 0.3) is 0 Å². The molecule has 1 unspecified atom stereocenters. The van der Waals surface area contributed by atoms with E-state index in [-0.39, 0.29) is 30.0 Å². The van der Waals surface area contributed by atoms with Crippen molar-refractivity contribution < 1.29 is 22.7 Å². The average molecular weight is 377 g/mol. The van der Waals surface area contributed by atoms with Gasteiger partial charge in [-0.2, -0.15) is 4.31 Å². The van der Waals surface area contributed by atoms with Crippen LogP contribution in [-0.4, -0.2) is 50.5 Å². The van der Waals surface area contributed by atoms with E-state index in [1.807, 2.05) is 0 Å². The summed E-state index contributed by atoms with van der Waals surface area (Å²) in [4.78, 5) is 12.0. The van der Waals surface area contributed by atoms with Gasteiger partial charge in [-0.15, -0.1) is 12.4 Å². The molecular formula is C15H21ClN2O5S. The third-order valence-electron chi connectivity index (χ3n) is 4.08. The van der Waals surface area contributed by atoms with E-state index in [2.05, 4.69) is 0 Å². The van der Waals surface area contributed by atoms with Crippen molar-refractivity contribution in [2.75, 3.05) is 19.7 Å². The Balaban J connectivity index is 0.00000208. The van der Waals surface area contributed by atoms with Crippen molar-refractivity contribution in [3.8, 4) is 5.75 Å². The largest absolute Gasteiger partial charge is 0.478 e. The Morgan fingerprint density at radius 3 is 2.83 bits per heavy atom. The summed E-state index contributed by atoms with van der Waals surface area (Å²) >= 11 is 0. The second-order valence-electron chi connectivity index (χ2n) is 5.74. The van der Waals surface area contributed by atoms with E-state index >= 15 is 0 Å². The Bertz CT molecular complexity index is 725. The van der Waals surface area contributed by atoms with Crippen molar-refractivity contribution in [1.82, 2.24) is 4.31 Å². The van der Waals surface area contributed by atoms with E-state index in [0.29, 0.717) is 37.2 Å². The van der Waals surface area contributed by atoms with Crippen LogP contribution in [0.15, 0.2) is 23.1 Å². The molecule has 1 saturated heterocycles. The van der Waals surface area contributed by atoms with Gasteiger partial charge in [-0.05, 0) is 37.1 Å². The second kappa shape index (κ2) is 7.26. The maximum absolute atomic E-state index is 12.6. The van der Waals surface area contributed by atoms with Crippen LogP contribution < -0.4 is 10.5 Å². The molecule has 7 nitrogen and oxygen atoms in total. The van der Waals surface area contributed by atoms with Gasteiger partial charge < -0.3 is 15.2 Å². The lowest BCUT2D eigenvalue weighted by atomic mass is 10.1. The number of ether oxygens (including phenoxy) is 2. The highest BCUT2D eigenvalue weighted by Gasteiger charge is 2.34. The molecular weight excluding hydrogens is 356 g/mol. The summed E-state index contributed by atoms with van der Waals surface area (Å²) in [6.07, 6.45) is 0.276. The number of esters is 1. The lowest BCUT2D eigenvalue weighted by molar-refractivity contribution is -0.150. The number of rotatable bonds is 4. The number of halogens is 1. The Morgan fingerprint density at radius 2 is 2.21 bits per heavy atom. The fourth-order valence-electron chi connectivity index (χ4n) is 2.87. The molecule has 0 saturated carbocycles. The number of hydrogen-bond acceptors (Lipinski definition) is 6. The third kappa shape index (κ3) is 3.51. The summed E-state index contributed by atoms with van der Waals surface area (Å²) in [7, 11) is -3.56. The summed E-state index contributed by atoms with van der Waals surface area (Å²) in [5, 5.41) is 0. The Morgan fingerprint density at radius 1 is 1.46 bits per heavy atom. The number of sulfonamides is 1. The van der Waals surface area contributed by atoms with Crippen LogP contribution in [0.1, 0.15) is 18.9 Å². The molecule has 3 rings (SSSR count). The summed E-state index contributed by atoms with van der Waals surface area (Å²) in [5.41, 5.74) is 6.49. The number of hydrogen-bond donors (Lipinski definition) is 1. The maximum Gasteiger partial charge on any atom is 0.347 e. The first-order chi connectivity index (χ1) is 10.9. The predicted octanol–water partition coefficient (Wildman–Crippen LogP) is 0.697. The number of nitrogens with zero attached hydrogens (tertiary/aromatic N) is 1. The van der Waals surface area contributed by atoms with E-state index in [1.54, 1.807) is 19.1 Å². The maximum atomic E-state index is 12.6. The number of carbonyl (C=O) groups excluding carboxylic acids is 1. The number of fused-ring (bicyclic) bond motifs is 1. The molecule has 9 heteroatoms. The molecule has 1 aromatic rings. The fraction of sp³-hybridized carbons (Fsp3) is 0.533. The zero-order chi connectivity index (χ0) is 16.6. The van der Waals surface area contributed by atoms with Gasteiger partial charge in [0, 0.05) is 25.6 Å². The molecule has 1 aromatic carbocycles. The van der Waals surface area contributed by atoms with Crippen LogP contribution in [0.2, 0.25) is 0 Å². The highest BCUT2D eigenvalue weighted by Crippen LogP contribution is 2.32. The fourth-order valence-corrected chi connectivity index (χ4v) is 4.44. The Hall–Kier alpha value is -1.35. The molecule has 2 aliphatic rings. The van der Waals surface area contributed by atoms with Crippen LogP contribution in [-0.2, 0) is 26.0 Å². The van der Waals surface area contributed by atoms with Crippen LogP contribution in [0.5, 0.6) is 5.75 Å². The average Bonchev–Trinajstić information content (AvgIpc) is 3.12. The SMILES string of the molecule is CCOC(=O)C1Cc2cc(S(=O)(=O)N3CC[C@@H](N)C3)ccc2O1.Cl. The first-order valence-corrected chi connectivity index (χ1v) is 9.07. The monoisotopic (exact) mass is 376 g/mol. The lowest BCUT2D eigenvalue weighted by Crippen LogP contribution is -2.32. The molecule has 0 spiro atoms. The second-order valence-corrected chi connectivity index (χ2v) is 7.68. The van der Waals surface area contributed by atoms with Crippen LogP contribution in [0.25, 0.3) is 0 Å². The van der Waals surface area contributed by atoms with Crippen LogP contribution >= 0.6 is 12.4 Å². The highest BCUT2D eigenvalue weighted by molar-refractivity contribution is 7.89. The quantitative estimate of drug-likeness (QED) is 0.776. The van der Waals surface area contributed by atoms with Crippen LogP contribution in [0, 0.1) is 0 Å². The van der Waals surface area contributed by atoms with Crippen molar-refractivity contribution >= 4 is 28.4 Å². The van der Waals surface area contributed by atoms with Gasteiger partial charge in [0.15, 0.2) is 6.10 Å². The Labute approximate surface area is 147 Å². The van der Waals surface area contributed by atoms with Crippen LogP contribution in [0.4, 0.5) is 0 Å². The summed E-state index contributed by atoms with van der Waals surface area (Å²) in [6, 6.07) is 4.56. The van der Waals surface area contributed by atoms with Crippen molar-refractivity contribution in [3.05, 3.63) is 23.8 Å². The number of carbonyl (C=O) groups is 1. The zero-order valence-corrected chi connectivity index (χ0v) is 14.9. The highest BCUT2D eigenvalue weighted by atomic mass is 35.5. The molecule has 0 radical (unpaired) electrons. The summed E-state index contributed by atoms with van der Waals surface area (Å²) < 4.78 is 37.1. The molecule has 1 fully saturated rings.